The highest BCUT2D eigenvalue weighted by Gasteiger charge is 2.22. The molecule has 1 aromatic heterocycles. The first kappa shape index (κ1) is 17.6. The molecule has 0 aliphatic carbocycles. The van der Waals surface area contributed by atoms with E-state index in [9.17, 15) is 13.2 Å². The van der Waals surface area contributed by atoms with Gasteiger partial charge in [-0.05, 0) is 19.8 Å². The number of hydrogen-bond donors (Lipinski definition) is 0. The minimum Gasteiger partial charge on any atom is -0.323 e. The molecule has 0 unspecified atom stereocenters. The van der Waals surface area contributed by atoms with Gasteiger partial charge in [-0.25, -0.2) is 18.2 Å². The molecule has 8 heteroatoms. The monoisotopic (exact) mass is 316 g/mol. The molecule has 0 bridgehead atoms. The van der Waals surface area contributed by atoms with Crippen molar-refractivity contribution < 1.29 is 13.2 Å². The lowest BCUT2D eigenvalue weighted by Gasteiger charge is -2.19. The van der Waals surface area contributed by atoms with Gasteiger partial charge in [-0.3, -0.25) is 0 Å². The molecule has 1 heterocycles. The first-order valence-corrected chi connectivity index (χ1v) is 9.05. The lowest BCUT2D eigenvalue weighted by molar-refractivity contribution is 0.197. The third-order valence-electron chi connectivity index (χ3n) is 3.15. The summed E-state index contributed by atoms with van der Waals surface area (Å²) in [6.07, 6.45) is 4.39. The maximum atomic E-state index is 12.2. The van der Waals surface area contributed by atoms with Gasteiger partial charge in [0.2, 0.25) is 9.84 Å². The molecule has 0 aromatic carbocycles. The molecule has 7 nitrogen and oxygen atoms in total. The quantitative estimate of drug-likeness (QED) is 0.731. The van der Waals surface area contributed by atoms with Gasteiger partial charge in [-0.1, -0.05) is 26.7 Å². The number of carbonyl (C=O) groups is 1. The maximum absolute atomic E-state index is 12.2. The lowest BCUT2D eigenvalue weighted by atomic mass is 10.3. The van der Waals surface area contributed by atoms with Gasteiger partial charge in [0.15, 0.2) is 0 Å². The van der Waals surface area contributed by atoms with Crippen molar-refractivity contribution in [1.29, 1.82) is 0 Å². The van der Waals surface area contributed by atoms with E-state index in [2.05, 4.69) is 10.1 Å². The third kappa shape index (κ3) is 4.80. The van der Waals surface area contributed by atoms with Crippen molar-refractivity contribution in [3.63, 3.8) is 0 Å². The third-order valence-corrected chi connectivity index (χ3v) is 4.71. The Labute approximate surface area is 126 Å². The second-order valence-electron chi connectivity index (χ2n) is 4.86. The van der Waals surface area contributed by atoms with Crippen molar-refractivity contribution in [1.82, 2.24) is 19.7 Å². The molecule has 0 saturated carbocycles. The van der Waals surface area contributed by atoms with E-state index >= 15 is 0 Å². The van der Waals surface area contributed by atoms with Crippen molar-refractivity contribution >= 4 is 15.9 Å². The van der Waals surface area contributed by atoms with Crippen LogP contribution in [0.2, 0.25) is 0 Å². The van der Waals surface area contributed by atoms with E-state index in [-0.39, 0.29) is 16.9 Å². The molecule has 1 amide bonds. The summed E-state index contributed by atoms with van der Waals surface area (Å²) in [6, 6.07) is -0.338. The topological polar surface area (TPSA) is 85.2 Å². The van der Waals surface area contributed by atoms with E-state index < -0.39 is 9.84 Å². The summed E-state index contributed by atoms with van der Waals surface area (Å²) in [4.78, 5) is 17.6. The zero-order valence-corrected chi connectivity index (χ0v) is 13.8. The molecule has 120 valence electrons. The number of carbonyl (C=O) groups excluding carboxylic acids is 1. The van der Waals surface area contributed by atoms with Crippen LogP contribution in [0.15, 0.2) is 11.5 Å². The van der Waals surface area contributed by atoms with Crippen molar-refractivity contribution in [3.8, 4) is 0 Å². The van der Waals surface area contributed by atoms with E-state index in [0.717, 1.165) is 23.9 Å². The normalized spacial score (nSPS) is 11.6. The van der Waals surface area contributed by atoms with E-state index in [1.54, 1.807) is 4.90 Å². The van der Waals surface area contributed by atoms with Crippen LogP contribution in [0.3, 0.4) is 0 Å². The number of sulfone groups is 1. The summed E-state index contributed by atoms with van der Waals surface area (Å²) < 4.78 is 25.0. The molecule has 0 atom stereocenters. The molecule has 0 aliphatic heterocycles. The molecule has 1 aromatic rings. The van der Waals surface area contributed by atoms with Crippen LogP contribution in [0.5, 0.6) is 0 Å². The summed E-state index contributed by atoms with van der Waals surface area (Å²) in [5.41, 5.74) is 0. The largest absolute Gasteiger partial charge is 0.346 e. The minimum absolute atomic E-state index is 0.00896. The summed E-state index contributed by atoms with van der Waals surface area (Å²) in [6.45, 7) is 7.02. The Balaban J connectivity index is 2.84. The number of amides is 1. The summed E-state index contributed by atoms with van der Waals surface area (Å²) in [7, 11) is -3.50. The van der Waals surface area contributed by atoms with Crippen molar-refractivity contribution in [3.05, 3.63) is 6.33 Å². The highest BCUT2D eigenvalue weighted by atomic mass is 32.2. The van der Waals surface area contributed by atoms with Gasteiger partial charge in [-0.2, -0.15) is 4.68 Å². The van der Waals surface area contributed by atoms with E-state index in [1.807, 2.05) is 20.8 Å². The molecule has 0 radical (unpaired) electrons. The van der Waals surface area contributed by atoms with E-state index in [4.69, 9.17) is 0 Å². The molecule has 21 heavy (non-hydrogen) atoms. The Hall–Kier alpha value is -1.44. The fourth-order valence-corrected chi connectivity index (χ4v) is 3.06. The van der Waals surface area contributed by atoms with Gasteiger partial charge >= 0.3 is 6.03 Å². The Morgan fingerprint density at radius 3 is 2.48 bits per heavy atom. The molecule has 0 N–H and O–H groups in total. The van der Waals surface area contributed by atoms with E-state index in [0.29, 0.717) is 19.5 Å². The molecule has 0 saturated heterocycles. The first-order chi connectivity index (χ1) is 9.96. The fraction of sp³-hybridized carbons (Fsp3) is 0.769. The second-order valence-corrected chi connectivity index (χ2v) is 6.86. The van der Waals surface area contributed by atoms with Crippen LogP contribution in [-0.2, 0) is 9.84 Å². The highest BCUT2D eigenvalue weighted by molar-refractivity contribution is 7.91. The van der Waals surface area contributed by atoms with Crippen LogP contribution in [-0.4, -0.2) is 53.0 Å². The second kappa shape index (κ2) is 8.11. The Kier molecular flexibility index (Phi) is 6.80. The van der Waals surface area contributed by atoms with Crippen molar-refractivity contribution in [2.24, 2.45) is 0 Å². The van der Waals surface area contributed by atoms with Gasteiger partial charge in [0, 0.05) is 13.1 Å². The van der Waals surface area contributed by atoms with Gasteiger partial charge in [-0.15, -0.1) is 5.10 Å². The predicted octanol–water partition coefficient (Wildman–Crippen LogP) is 1.94. The van der Waals surface area contributed by atoms with Crippen LogP contribution in [0.25, 0.3) is 0 Å². The number of aromatic nitrogens is 3. The van der Waals surface area contributed by atoms with Gasteiger partial charge < -0.3 is 4.90 Å². The number of nitrogens with zero attached hydrogens (tertiary/aromatic N) is 4. The number of hydrogen-bond acceptors (Lipinski definition) is 5. The van der Waals surface area contributed by atoms with Gasteiger partial charge in [0.1, 0.15) is 6.33 Å². The Bertz CT molecular complexity index is 554. The maximum Gasteiger partial charge on any atom is 0.346 e. The van der Waals surface area contributed by atoms with Crippen LogP contribution in [0.1, 0.15) is 46.5 Å². The molecule has 0 fully saturated rings. The van der Waals surface area contributed by atoms with Crippen LogP contribution in [0, 0.1) is 0 Å². The molecule has 0 spiro atoms. The fourth-order valence-electron chi connectivity index (χ4n) is 1.79. The molecule has 0 aliphatic rings. The Morgan fingerprint density at radius 1 is 1.24 bits per heavy atom. The zero-order valence-electron chi connectivity index (χ0n) is 12.9. The standard InChI is InChI=1S/C13H24N4O3S/c1-4-7-9-16(6-3)13(18)17-11-14-12(15-17)21(19,20)10-8-5-2/h11H,4-10H2,1-3H3. The Morgan fingerprint density at radius 2 is 1.90 bits per heavy atom. The summed E-state index contributed by atoms with van der Waals surface area (Å²) in [5.74, 6) is 0.00896. The van der Waals surface area contributed by atoms with Crippen molar-refractivity contribution in [2.45, 2.75) is 51.6 Å². The van der Waals surface area contributed by atoms with E-state index in [1.165, 1.54) is 6.33 Å². The predicted molar refractivity (Wildman–Crippen MR) is 79.9 cm³/mol. The van der Waals surface area contributed by atoms with Gasteiger partial charge in [0.25, 0.3) is 5.16 Å². The lowest BCUT2D eigenvalue weighted by Crippen LogP contribution is -2.35. The smallest absolute Gasteiger partial charge is 0.323 e. The first-order valence-electron chi connectivity index (χ1n) is 7.39. The van der Waals surface area contributed by atoms with Gasteiger partial charge in [0.05, 0.1) is 5.75 Å². The van der Waals surface area contributed by atoms with Crippen molar-refractivity contribution in [2.75, 3.05) is 18.8 Å². The highest BCUT2D eigenvalue weighted by Crippen LogP contribution is 2.08. The number of rotatable bonds is 8. The van der Waals surface area contributed by atoms with Crippen LogP contribution in [0.4, 0.5) is 4.79 Å². The average molecular weight is 316 g/mol. The molecule has 1 rings (SSSR count). The van der Waals surface area contributed by atoms with Crippen LogP contribution < -0.4 is 0 Å². The molecular weight excluding hydrogens is 292 g/mol. The number of unbranched alkanes of at least 4 members (excludes halogenated alkanes) is 2. The summed E-state index contributed by atoms with van der Waals surface area (Å²) >= 11 is 0. The SMILES string of the molecule is CCCCN(CC)C(=O)n1cnc(S(=O)(=O)CCCC)n1. The zero-order chi connectivity index (χ0) is 15.9. The van der Waals surface area contributed by atoms with Crippen LogP contribution >= 0.6 is 0 Å². The summed E-state index contributed by atoms with van der Waals surface area (Å²) in [5, 5.41) is 3.57. The minimum atomic E-state index is -3.50. The molecular formula is C13H24N4O3S. The average Bonchev–Trinajstić information content (AvgIpc) is 2.96.